The number of hydrogen-bond acceptors (Lipinski definition) is 7. The molecule has 8 nitrogen and oxygen atoms in total. The number of aromatic nitrogens is 1. The molecule has 1 aromatic heterocycles. The molecular weight excluding hydrogens is 442 g/mol. The van der Waals surface area contributed by atoms with Crippen molar-refractivity contribution < 1.29 is 14.6 Å². The van der Waals surface area contributed by atoms with Gasteiger partial charge in [0.05, 0.1) is 29.9 Å². The second-order valence-electron chi connectivity index (χ2n) is 8.73. The van der Waals surface area contributed by atoms with Crippen molar-refractivity contribution in [2.45, 2.75) is 13.5 Å². The maximum atomic E-state index is 12.0. The van der Waals surface area contributed by atoms with Crippen LogP contribution in [0.2, 0.25) is 0 Å². The van der Waals surface area contributed by atoms with Gasteiger partial charge in [-0.1, -0.05) is 0 Å². The van der Waals surface area contributed by atoms with Crippen molar-refractivity contribution in [3.8, 4) is 0 Å². The average Bonchev–Trinajstić information content (AvgIpc) is 2.82. The molecule has 0 atom stereocenters. The lowest BCUT2D eigenvalue weighted by Gasteiger charge is -2.19. The van der Waals surface area contributed by atoms with E-state index in [1.165, 1.54) is 0 Å². The fraction of sp³-hybridized carbons (Fsp3) is 0.259. The molecule has 1 amide bonds. The first-order chi connectivity index (χ1) is 16.8. The molecule has 1 heterocycles. The van der Waals surface area contributed by atoms with Crippen molar-refractivity contribution in [2.75, 3.05) is 55.2 Å². The van der Waals surface area contributed by atoms with Gasteiger partial charge in [0.25, 0.3) is 0 Å². The van der Waals surface area contributed by atoms with E-state index in [1.807, 2.05) is 50.1 Å². The number of aliphatic hydroxyl groups excluding tert-OH is 1. The second kappa shape index (κ2) is 10.1. The molecule has 0 aliphatic heterocycles. The number of anilines is 5. The van der Waals surface area contributed by atoms with E-state index in [0.717, 1.165) is 44.6 Å². The average molecular weight is 474 g/mol. The molecule has 0 fully saturated rings. The first-order valence-electron chi connectivity index (χ1n) is 11.5. The van der Waals surface area contributed by atoms with Gasteiger partial charge in [0, 0.05) is 61.7 Å². The smallest absolute Gasteiger partial charge is 0.411 e. The van der Waals surface area contributed by atoms with Crippen molar-refractivity contribution >= 4 is 56.3 Å². The Labute approximate surface area is 205 Å². The molecule has 0 bridgehead atoms. The number of benzene rings is 3. The van der Waals surface area contributed by atoms with Crippen LogP contribution in [0.1, 0.15) is 12.5 Å². The summed E-state index contributed by atoms with van der Waals surface area (Å²) in [5.74, 6) is 0. The zero-order valence-electron chi connectivity index (χ0n) is 20.7. The lowest BCUT2D eigenvalue weighted by atomic mass is 10.1. The van der Waals surface area contributed by atoms with E-state index in [-0.39, 0.29) is 13.2 Å². The van der Waals surface area contributed by atoms with Crippen molar-refractivity contribution in [1.29, 1.82) is 0 Å². The van der Waals surface area contributed by atoms with Gasteiger partial charge in [0.1, 0.15) is 0 Å². The lowest BCUT2D eigenvalue weighted by Crippen LogP contribution is -2.13. The Balaban J connectivity index is 1.87. The van der Waals surface area contributed by atoms with Crippen LogP contribution in [0, 0.1) is 0 Å². The molecule has 0 saturated carbocycles. The predicted octanol–water partition coefficient (Wildman–Crippen LogP) is 5.32. The van der Waals surface area contributed by atoms with Crippen LogP contribution in [0.15, 0.2) is 54.6 Å². The highest BCUT2D eigenvalue weighted by Gasteiger charge is 2.14. The summed E-state index contributed by atoms with van der Waals surface area (Å²) < 4.78 is 5.00. The molecular formula is C27H31N5O3. The van der Waals surface area contributed by atoms with Crippen molar-refractivity contribution in [1.82, 2.24) is 4.98 Å². The van der Waals surface area contributed by atoms with Crippen LogP contribution in [0.25, 0.3) is 21.8 Å². The summed E-state index contributed by atoms with van der Waals surface area (Å²) >= 11 is 0. The number of carbonyl (C=O) groups is 1. The third-order valence-electron chi connectivity index (χ3n) is 5.74. The van der Waals surface area contributed by atoms with Crippen molar-refractivity contribution in [3.63, 3.8) is 0 Å². The zero-order valence-corrected chi connectivity index (χ0v) is 20.7. The van der Waals surface area contributed by atoms with Crippen LogP contribution < -0.4 is 20.4 Å². The van der Waals surface area contributed by atoms with Gasteiger partial charge in [-0.05, 0) is 67.1 Å². The SMILES string of the molecule is CCOC(=O)Nc1cc(CO)cc(Nc2c3ccc(N(C)C)cc3nc3cc(N(C)C)ccc23)c1. The largest absolute Gasteiger partial charge is 0.450 e. The molecule has 0 unspecified atom stereocenters. The summed E-state index contributed by atoms with van der Waals surface area (Å²) in [5, 5.41) is 18.0. The van der Waals surface area contributed by atoms with Gasteiger partial charge in [0.15, 0.2) is 0 Å². The summed E-state index contributed by atoms with van der Waals surface area (Å²) in [6.45, 7) is 1.86. The van der Waals surface area contributed by atoms with Crippen LogP contribution in [-0.4, -0.2) is 51.0 Å². The highest BCUT2D eigenvalue weighted by atomic mass is 16.5. The van der Waals surface area contributed by atoms with E-state index in [2.05, 4.69) is 47.0 Å². The summed E-state index contributed by atoms with van der Waals surface area (Å²) in [6.07, 6.45) is -0.541. The third kappa shape index (κ3) is 5.22. The van der Waals surface area contributed by atoms with Gasteiger partial charge in [0.2, 0.25) is 0 Å². The number of carbonyl (C=O) groups excluding carboxylic acids is 1. The summed E-state index contributed by atoms with van der Waals surface area (Å²) in [4.78, 5) is 21.0. The van der Waals surface area contributed by atoms with Crippen LogP contribution in [0.5, 0.6) is 0 Å². The number of nitrogens with one attached hydrogen (secondary N) is 2. The van der Waals surface area contributed by atoms with Crippen molar-refractivity contribution in [3.05, 3.63) is 60.2 Å². The van der Waals surface area contributed by atoms with Crippen LogP contribution in [-0.2, 0) is 11.3 Å². The maximum Gasteiger partial charge on any atom is 0.411 e. The highest BCUT2D eigenvalue weighted by Crippen LogP contribution is 2.36. The van der Waals surface area contributed by atoms with E-state index in [4.69, 9.17) is 9.72 Å². The van der Waals surface area contributed by atoms with Crippen LogP contribution >= 0.6 is 0 Å². The minimum Gasteiger partial charge on any atom is -0.450 e. The standard InChI is InChI=1S/C27H31N5O3/c1-6-35-27(34)29-19-12-17(16-33)11-18(13-19)28-26-22-9-7-20(31(2)3)14-24(22)30-25-15-21(32(4)5)8-10-23(25)26/h7-15,33H,6,16H2,1-5H3,(H,28,30)(H,29,34). The molecule has 3 N–H and O–H groups in total. The van der Waals surface area contributed by atoms with E-state index < -0.39 is 6.09 Å². The van der Waals surface area contributed by atoms with Gasteiger partial charge in [-0.3, -0.25) is 5.32 Å². The number of aliphatic hydroxyl groups is 1. The molecule has 4 rings (SSSR count). The Morgan fingerprint density at radius 1 is 0.886 bits per heavy atom. The summed E-state index contributed by atoms with van der Waals surface area (Å²) in [5.41, 5.74) is 6.67. The van der Waals surface area contributed by atoms with Crippen LogP contribution in [0.4, 0.5) is 33.2 Å². The minimum absolute atomic E-state index is 0.163. The molecule has 0 aliphatic rings. The van der Waals surface area contributed by atoms with Gasteiger partial charge < -0.3 is 25.0 Å². The number of hydrogen-bond donors (Lipinski definition) is 3. The molecule has 0 radical (unpaired) electrons. The fourth-order valence-electron chi connectivity index (χ4n) is 3.97. The number of ether oxygens (including phenoxy) is 1. The Kier molecular flexibility index (Phi) is 6.93. The number of fused-ring (bicyclic) bond motifs is 2. The predicted molar refractivity (Wildman–Crippen MR) is 144 cm³/mol. The molecule has 0 spiro atoms. The number of amides is 1. The summed E-state index contributed by atoms with van der Waals surface area (Å²) in [6, 6.07) is 17.8. The molecule has 3 aromatic carbocycles. The zero-order chi connectivity index (χ0) is 25.1. The second-order valence-corrected chi connectivity index (χ2v) is 8.73. The van der Waals surface area contributed by atoms with Gasteiger partial charge in [-0.2, -0.15) is 0 Å². The molecule has 0 saturated heterocycles. The van der Waals surface area contributed by atoms with E-state index in [0.29, 0.717) is 11.3 Å². The lowest BCUT2D eigenvalue weighted by molar-refractivity contribution is 0.168. The van der Waals surface area contributed by atoms with Gasteiger partial charge in [-0.15, -0.1) is 0 Å². The number of rotatable bonds is 7. The minimum atomic E-state index is -0.541. The number of pyridine rings is 1. The van der Waals surface area contributed by atoms with Gasteiger partial charge in [-0.25, -0.2) is 9.78 Å². The first-order valence-corrected chi connectivity index (χ1v) is 11.5. The van der Waals surface area contributed by atoms with Crippen molar-refractivity contribution in [2.24, 2.45) is 0 Å². The quantitative estimate of drug-likeness (QED) is 0.313. The fourth-order valence-corrected chi connectivity index (χ4v) is 3.97. The molecule has 35 heavy (non-hydrogen) atoms. The first kappa shape index (κ1) is 24.1. The summed E-state index contributed by atoms with van der Waals surface area (Å²) in [7, 11) is 8.02. The van der Waals surface area contributed by atoms with E-state index in [1.54, 1.807) is 13.0 Å². The maximum absolute atomic E-state index is 12.0. The Hall–Kier alpha value is -4.04. The Morgan fingerprint density at radius 2 is 1.46 bits per heavy atom. The van der Waals surface area contributed by atoms with E-state index >= 15 is 0 Å². The van der Waals surface area contributed by atoms with Crippen LogP contribution in [0.3, 0.4) is 0 Å². The van der Waals surface area contributed by atoms with E-state index in [9.17, 15) is 9.90 Å². The van der Waals surface area contributed by atoms with Gasteiger partial charge >= 0.3 is 6.09 Å². The monoisotopic (exact) mass is 473 g/mol. The molecule has 4 aromatic rings. The Bertz CT molecular complexity index is 1320. The normalized spacial score (nSPS) is 10.9. The number of nitrogens with zero attached hydrogens (tertiary/aromatic N) is 3. The molecule has 0 aliphatic carbocycles. The molecule has 182 valence electrons. The molecule has 8 heteroatoms. The topological polar surface area (TPSA) is 90.0 Å². The third-order valence-corrected chi connectivity index (χ3v) is 5.74. The highest BCUT2D eigenvalue weighted by molar-refractivity contribution is 6.10. The Morgan fingerprint density at radius 3 is 1.97 bits per heavy atom.